The molecule has 1 aromatic heterocycles. The summed E-state index contributed by atoms with van der Waals surface area (Å²) in [5, 5.41) is 12.6. The van der Waals surface area contributed by atoms with E-state index in [1.54, 1.807) is 18.4 Å². The molecule has 2 nitrogen and oxygen atoms in total. The van der Waals surface area contributed by atoms with Gasteiger partial charge in [-0.3, -0.25) is 0 Å². The largest absolute Gasteiger partial charge is 0.385 e. The monoisotopic (exact) mass is 226 g/mol. The second kappa shape index (κ2) is 4.24. The summed E-state index contributed by atoms with van der Waals surface area (Å²) in [5.74, 6) is 0. The maximum absolute atomic E-state index is 10.5. The summed E-state index contributed by atoms with van der Waals surface area (Å²) in [4.78, 5) is 1.27. The molecule has 2 rings (SSSR count). The molecule has 3 heteroatoms. The van der Waals surface area contributed by atoms with E-state index in [2.05, 4.69) is 18.4 Å². The molecule has 1 saturated carbocycles. The van der Waals surface area contributed by atoms with Crippen LogP contribution in [-0.4, -0.2) is 18.3 Å². The van der Waals surface area contributed by atoms with Gasteiger partial charge in [-0.25, -0.2) is 0 Å². The molecule has 0 spiro atoms. The van der Waals surface area contributed by atoms with Crippen LogP contribution in [0.3, 0.4) is 0 Å². The quantitative estimate of drug-likeness (QED) is 0.840. The molecule has 1 aromatic rings. The van der Waals surface area contributed by atoms with Crippen molar-refractivity contribution in [3.63, 3.8) is 0 Å². The SMILES string of the molecule is COC1CCC(O)(c2csc(C)c2)CC1. The lowest BCUT2D eigenvalue weighted by Gasteiger charge is -2.35. The maximum Gasteiger partial charge on any atom is 0.0906 e. The van der Waals surface area contributed by atoms with E-state index >= 15 is 0 Å². The molecule has 0 saturated heterocycles. The van der Waals surface area contributed by atoms with Crippen LogP contribution in [0.25, 0.3) is 0 Å². The fourth-order valence-corrected chi connectivity index (χ4v) is 3.08. The Bertz CT molecular complexity index is 324. The molecule has 1 aliphatic carbocycles. The normalized spacial score (nSPS) is 31.8. The molecule has 84 valence electrons. The van der Waals surface area contributed by atoms with Gasteiger partial charge in [-0.2, -0.15) is 0 Å². The molecule has 0 unspecified atom stereocenters. The molecule has 0 atom stereocenters. The Kier molecular flexibility index (Phi) is 3.14. The Balaban J connectivity index is 2.09. The summed E-state index contributed by atoms with van der Waals surface area (Å²) >= 11 is 1.71. The van der Waals surface area contributed by atoms with Gasteiger partial charge in [0, 0.05) is 12.0 Å². The summed E-state index contributed by atoms with van der Waals surface area (Å²) in [6.45, 7) is 2.08. The van der Waals surface area contributed by atoms with Crippen LogP contribution in [0, 0.1) is 6.92 Å². The molecule has 0 bridgehead atoms. The molecule has 15 heavy (non-hydrogen) atoms. The van der Waals surface area contributed by atoms with Crippen molar-refractivity contribution in [3.05, 3.63) is 21.9 Å². The number of hydrogen-bond acceptors (Lipinski definition) is 3. The zero-order valence-corrected chi connectivity index (χ0v) is 10.1. The molecule has 0 aromatic carbocycles. The molecule has 0 radical (unpaired) electrons. The van der Waals surface area contributed by atoms with Gasteiger partial charge in [0.15, 0.2) is 0 Å². The summed E-state index contributed by atoms with van der Waals surface area (Å²) < 4.78 is 5.32. The Labute approximate surface area is 94.9 Å². The van der Waals surface area contributed by atoms with Crippen LogP contribution in [0.15, 0.2) is 11.4 Å². The first-order valence-electron chi connectivity index (χ1n) is 5.45. The van der Waals surface area contributed by atoms with Crippen LogP contribution in [0.1, 0.15) is 36.1 Å². The van der Waals surface area contributed by atoms with Crippen LogP contribution in [0.5, 0.6) is 0 Å². The second-order valence-corrected chi connectivity index (χ2v) is 5.53. The topological polar surface area (TPSA) is 29.5 Å². The number of rotatable bonds is 2. The Morgan fingerprint density at radius 2 is 2.13 bits per heavy atom. The standard InChI is InChI=1S/C12H18O2S/c1-9-7-10(8-15-9)12(13)5-3-11(14-2)4-6-12/h7-8,11,13H,3-6H2,1-2H3. The number of aryl methyl sites for hydroxylation is 1. The van der Waals surface area contributed by atoms with E-state index in [0.717, 1.165) is 31.2 Å². The van der Waals surface area contributed by atoms with Crippen LogP contribution in [0.2, 0.25) is 0 Å². The van der Waals surface area contributed by atoms with Gasteiger partial charge in [-0.15, -0.1) is 11.3 Å². The first-order valence-corrected chi connectivity index (χ1v) is 6.33. The van der Waals surface area contributed by atoms with Gasteiger partial charge < -0.3 is 9.84 Å². The van der Waals surface area contributed by atoms with Crippen LogP contribution < -0.4 is 0 Å². The van der Waals surface area contributed by atoms with Crippen LogP contribution in [0.4, 0.5) is 0 Å². The number of ether oxygens (including phenoxy) is 1. The van der Waals surface area contributed by atoms with Crippen molar-refractivity contribution < 1.29 is 9.84 Å². The van der Waals surface area contributed by atoms with E-state index in [4.69, 9.17) is 4.74 Å². The van der Waals surface area contributed by atoms with Gasteiger partial charge >= 0.3 is 0 Å². The van der Waals surface area contributed by atoms with Crippen molar-refractivity contribution in [2.75, 3.05) is 7.11 Å². The Hall–Kier alpha value is -0.380. The first-order chi connectivity index (χ1) is 7.14. The minimum Gasteiger partial charge on any atom is -0.385 e. The highest BCUT2D eigenvalue weighted by Crippen LogP contribution is 2.39. The van der Waals surface area contributed by atoms with Crippen LogP contribution >= 0.6 is 11.3 Å². The Morgan fingerprint density at radius 3 is 2.60 bits per heavy atom. The van der Waals surface area contributed by atoms with Gasteiger partial charge in [-0.05, 0) is 49.6 Å². The summed E-state index contributed by atoms with van der Waals surface area (Å²) in [6.07, 6.45) is 3.90. The summed E-state index contributed by atoms with van der Waals surface area (Å²) in [6, 6.07) is 2.11. The third-order valence-corrected chi connectivity index (χ3v) is 4.22. The van der Waals surface area contributed by atoms with Crippen molar-refractivity contribution in [1.82, 2.24) is 0 Å². The van der Waals surface area contributed by atoms with Crippen molar-refractivity contribution in [3.8, 4) is 0 Å². The van der Waals surface area contributed by atoms with Crippen molar-refractivity contribution in [1.29, 1.82) is 0 Å². The zero-order chi connectivity index (χ0) is 10.9. The third kappa shape index (κ3) is 2.25. The molecule has 1 aliphatic rings. The lowest BCUT2D eigenvalue weighted by atomic mass is 9.79. The smallest absolute Gasteiger partial charge is 0.0906 e. The van der Waals surface area contributed by atoms with E-state index in [-0.39, 0.29) is 0 Å². The third-order valence-electron chi connectivity index (χ3n) is 3.36. The van der Waals surface area contributed by atoms with E-state index in [9.17, 15) is 5.11 Å². The summed E-state index contributed by atoms with van der Waals surface area (Å²) in [7, 11) is 1.75. The average molecular weight is 226 g/mol. The van der Waals surface area contributed by atoms with Gasteiger partial charge in [0.2, 0.25) is 0 Å². The zero-order valence-electron chi connectivity index (χ0n) is 9.32. The average Bonchev–Trinajstić information content (AvgIpc) is 2.67. The highest BCUT2D eigenvalue weighted by molar-refractivity contribution is 7.10. The first kappa shape index (κ1) is 11.1. The second-order valence-electron chi connectivity index (χ2n) is 4.41. The minimum absolute atomic E-state index is 0.338. The Morgan fingerprint density at radius 1 is 1.47 bits per heavy atom. The molecule has 1 heterocycles. The van der Waals surface area contributed by atoms with Gasteiger partial charge in [0.1, 0.15) is 0 Å². The van der Waals surface area contributed by atoms with Gasteiger partial charge in [0.05, 0.1) is 11.7 Å². The molecular formula is C12H18O2S. The molecule has 1 fully saturated rings. The molecular weight excluding hydrogens is 208 g/mol. The number of aliphatic hydroxyl groups is 1. The molecule has 0 aliphatic heterocycles. The van der Waals surface area contributed by atoms with Gasteiger partial charge in [-0.1, -0.05) is 0 Å². The maximum atomic E-state index is 10.5. The molecule has 1 N–H and O–H groups in total. The van der Waals surface area contributed by atoms with E-state index in [1.165, 1.54) is 4.88 Å². The predicted octanol–water partition coefficient (Wildman–Crippen LogP) is 2.83. The number of hydrogen-bond donors (Lipinski definition) is 1. The summed E-state index contributed by atoms with van der Waals surface area (Å²) in [5.41, 5.74) is 0.499. The highest BCUT2D eigenvalue weighted by Gasteiger charge is 2.35. The fourth-order valence-electron chi connectivity index (χ4n) is 2.28. The van der Waals surface area contributed by atoms with Gasteiger partial charge in [0.25, 0.3) is 0 Å². The van der Waals surface area contributed by atoms with Crippen molar-refractivity contribution in [2.45, 2.75) is 44.3 Å². The van der Waals surface area contributed by atoms with E-state index in [0.29, 0.717) is 6.10 Å². The van der Waals surface area contributed by atoms with Crippen molar-refractivity contribution in [2.24, 2.45) is 0 Å². The highest BCUT2D eigenvalue weighted by atomic mass is 32.1. The molecule has 0 amide bonds. The van der Waals surface area contributed by atoms with Crippen LogP contribution in [-0.2, 0) is 10.3 Å². The van der Waals surface area contributed by atoms with E-state index in [1.807, 2.05) is 0 Å². The lowest BCUT2D eigenvalue weighted by molar-refractivity contribution is -0.0471. The lowest BCUT2D eigenvalue weighted by Crippen LogP contribution is -2.33. The van der Waals surface area contributed by atoms with E-state index < -0.39 is 5.60 Å². The fraction of sp³-hybridized carbons (Fsp3) is 0.667. The minimum atomic E-state index is -0.597. The van der Waals surface area contributed by atoms with Crippen molar-refractivity contribution >= 4 is 11.3 Å². The number of thiophene rings is 1. The number of methoxy groups -OCH3 is 1. The predicted molar refractivity (Wildman–Crippen MR) is 62.2 cm³/mol.